The summed E-state index contributed by atoms with van der Waals surface area (Å²) in [7, 11) is 0. The fourth-order valence-corrected chi connectivity index (χ4v) is 11.8. The number of rotatable bonds is 2. The van der Waals surface area contributed by atoms with E-state index in [0.29, 0.717) is 27.6 Å². The molecule has 0 spiro atoms. The van der Waals surface area contributed by atoms with Crippen LogP contribution in [0.1, 0.15) is 105 Å². The van der Waals surface area contributed by atoms with E-state index < -0.39 is 0 Å². The molecular weight excluding hydrogens is 330 g/mol. The molecule has 1 amide bonds. The van der Waals surface area contributed by atoms with E-state index >= 15 is 0 Å². The molecule has 2 heteroatoms. The summed E-state index contributed by atoms with van der Waals surface area (Å²) in [6, 6.07) is 0. The van der Waals surface area contributed by atoms with Crippen LogP contribution in [0.2, 0.25) is 0 Å². The molecule has 0 aromatic rings. The standard InChI is InChI=1S/C25H39NO/c1-20-6-17-5-18(7-20)9-25(8-17,16-20)26-19(27)24-13-21(2)10-22(3,14-24)12-23(4,11-21)15-24/h17-18H,5-16H2,1-4H3,(H,26,27). The van der Waals surface area contributed by atoms with Crippen molar-refractivity contribution < 1.29 is 4.79 Å². The number of amides is 1. The van der Waals surface area contributed by atoms with Gasteiger partial charge in [0.05, 0.1) is 5.41 Å². The fourth-order valence-electron chi connectivity index (χ4n) is 11.8. The molecule has 0 heterocycles. The first-order valence-electron chi connectivity index (χ1n) is 11.8. The predicted octanol–water partition coefficient (Wildman–Crippen LogP) is 5.85. The van der Waals surface area contributed by atoms with Gasteiger partial charge in [0.15, 0.2) is 0 Å². The SMILES string of the molecule is CC12CC3CC(C1)CC(NC(=O)C14CC5(C)CC(C)(CC(C)(C5)C1)C4)(C3)C2. The highest BCUT2D eigenvalue weighted by Gasteiger charge is 2.67. The third-order valence-corrected chi connectivity index (χ3v) is 10.1. The Morgan fingerprint density at radius 1 is 0.667 bits per heavy atom. The summed E-state index contributed by atoms with van der Waals surface area (Å²) < 4.78 is 0. The molecule has 8 saturated carbocycles. The lowest BCUT2D eigenvalue weighted by atomic mass is 9.36. The molecule has 0 aromatic heterocycles. The van der Waals surface area contributed by atoms with Crippen LogP contribution in [-0.2, 0) is 4.79 Å². The van der Waals surface area contributed by atoms with Crippen LogP contribution < -0.4 is 5.32 Å². The number of nitrogens with one attached hydrogen (secondary N) is 1. The lowest BCUT2D eigenvalue weighted by Crippen LogP contribution is -2.68. The fraction of sp³-hybridized carbons (Fsp3) is 0.960. The molecule has 2 unspecified atom stereocenters. The summed E-state index contributed by atoms with van der Waals surface area (Å²) in [5, 5.41) is 3.82. The second-order valence-corrected chi connectivity index (χ2v) is 14.3. The van der Waals surface area contributed by atoms with Crippen LogP contribution >= 0.6 is 0 Å². The van der Waals surface area contributed by atoms with Crippen molar-refractivity contribution in [2.75, 3.05) is 0 Å². The quantitative estimate of drug-likeness (QED) is 0.650. The molecule has 8 aliphatic carbocycles. The second-order valence-electron chi connectivity index (χ2n) is 14.3. The largest absolute Gasteiger partial charge is 0.350 e. The van der Waals surface area contributed by atoms with E-state index in [1.165, 1.54) is 57.8 Å². The Hall–Kier alpha value is -0.530. The minimum Gasteiger partial charge on any atom is -0.350 e. The minimum atomic E-state index is -0.0722. The molecule has 0 radical (unpaired) electrons. The van der Waals surface area contributed by atoms with E-state index in [-0.39, 0.29) is 11.0 Å². The van der Waals surface area contributed by atoms with Gasteiger partial charge in [-0.3, -0.25) is 4.79 Å². The molecular formula is C25H39NO. The van der Waals surface area contributed by atoms with Crippen molar-refractivity contribution in [2.24, 2.45) is 38.9 Å². The number of hydrogen-bond donors (Lipinski definition) is 1. The van der Waals surface area contributed by atoms with E-state index in [2.05, 4.69) is 33.0 Å². The summed E-state index contributed by atoms with van der Waals surface area (Å²) in [5.41, 5.74) is 1.75. The predicted molar refractivity (Wildman–Crippen MR) is 108 cm³/mol. The molecule has 8 rings (SSSR count). The summed E-state index contributed by atoms with van der Waals surface area (Å²) in [5.74, 6) is 2.22. The lowest BCUT2D eigenvalue weighted by Gasteiger charge is -2.69. The Morgan fingerprint density at radius 2 is 1.15 bits per heavy atom. The van der Waals surface area contributed by atoms with Crippen LogP contribution in [0.4, 0.5) is 0 Å². The Bertz CT molecular complexity index is 654. The van der Waals surface area contributed by atoms with Crippen molar-refractivity contribution in [2.45, 2.75) is 110 Å². The van der Waals surface area contributed by atoms with Crippen LogP contribution in [0.25, 0.3) is 0 Å². The summed E-state index contributed by atoms with van der Waals surface area (Å²) >= 11 is 0. The van der Waals surface area contributed by atoms with E-state index in [1.54, 1.807) is 0 Å². The molecule has 2 nitrogen and oxygen atoms in total. The van der Waals surface area contributed by atoms with E-state index in [0.717, 1.165) is 31.1 Å². The number of carbonyl (C=O) groups is 1. The Balaban J connectivity index is 1.32. The van der Waals surface area contributed by atoms with Crippen LogP contribution in [0.15, 0.2) is 0 Å². The van der Waals surface area contributed by atoms with Gasteiger partial charge in [0, 0.05) is 5.54 Å². The summed E-state index contributed by atoms with van der Waals surface area (Å²) in [6.45, 7) is 10.00. The smallest absolute Gasteiger partial charge is 0.226 e. The molecule has 1 N–H and O–H groups in total. The van der Waals surface area contributed by atoms with Crippen molar-refractivity contribution in [3.05, 3.63) is 0 Å². The van der Waals surface area contributed by atoms with Gasteiger partial charge in [-0.05, 0) is 111 Å². The second kappa shape index (κ2) is 4.62. The Morgan fingerprint density at radius 3 is 1.59 bits per heavy atom. The normalized spacial score (nSPS) is 62.8. The molecule has 8 bridgehead atoms. The van der Waals surface area contributed by atoms with Gasteiger partial charge in [-0.15, -0.1) is 0 Å². The molecule has 8 fully saturated rings. The van der Waals surface area contributed by atoms with Crippen LogP contribution in [-0.4, -0.2) is 11.4 Å². The van der Waals surface area contributed by atoms with Gasteiger partial charge >= 0.3 is 0 Å². The van der Waals surface area contributed by atoms with Crippen LogP contribution in [0.5, 0.6) is 0 Å². The third-order valence-electron chi connectivity index (χ3n) is 10.1. The van der Waals surface area contributed by atoms with Crippen molar-refractivity contribution in [3.8, 4) is 0 Å². The van der Waals surface area contributed by atoms with Gasteiger partial charge in [0.25, 0.3) is 0 Å². The highest BCUT2D eigenvalue weighted by Crippen LogP contribution is 2.74. The number of hydrogen-bond acceptors (Lipinski definition) is 1. The average molecular weight is 370 g/mol. The van der Waals surface area contributed by atoms with Crippen molar-refractivity contribution in [1.82, 2.24) is 5.32 Å². The van der Waals surface area contributed by atoms with Gasteiger partial charge in [-0.25, -0.2) is 0 Å². The van der Waals surface area contributed by atoms with Crippen LogP contribution in [0.3, 0.4) is 0 Å². The molecule has 2 atom stereocenters. The third kappa shape index (κ3) is 2.40. The first-order chi connectivity index (χ1) is 12.4. The molecule has 0 aromatic carbocycles. The Kier molecular flexibility index (Phi) is 2.97. The summed E-state index contributed by atoms with van der Waals surface area (Å²) in [6.07, 6.45) is 15.5. The lowest BCUT2D eigenvalue weighted by molar-refractivity contribution is -0.195. The van der Waals surface area contributed by atoms with Gasteiger partial charge < -0.3 is 5.32 Å². The summed E-state index contributed by atoms with van der Waals surface area (Å²) in [4.78, 5) is 14.0. The maximum atomic E-state index is 14.0. The maximum absolute atomic E-state index is 14.0. The van der Waals surface area contributed by atoms with Gasteiger partial charge in [-0.2, -0.15) is 0 Å². The average Bonchev–Trinajstić information content (AvgIpc) is 2.38. The molecule has 8 aliphatic rings. The van der Waals surface area contributed by atoms with E-state index in [9.17, 15) is 4.79 Å². The van der Waals surface area contributed by atoms with Gasteiger partial charge in [0.2, 0.25) is 5.91 Å². The van der Waals surface area contributed by atoms with Gasteiger partial charge in [-0.1, -0.05) is 27.7 Å². The molecule has 27 heavy (non-hydrogen) atoms. The monoisotopic (exact) mass is 369 g/mol. The van der Waals surface area contributed by atoms with Crippen molar-refractivity contribution in [3.63, 3.8) is 0 Å². The first kappa shape index (κ1) is 17.3. The molecule has 150 valence electrons. The van der Waals surface area contributed by atoms with Gasteiger partial charge in [0.1, 0.15) is 0 Å². The highest BCUT2D eigenvalue weighted by molar-refractivity contribution is 5.84. The number of carbonyl (C=O) groups excluding carboxylic acids is 1. The Labute approximate surface area is 165 Å². The maximum Gasteiger partial charge on any atom is 0.226 e. The molecule has 0 aliphatic heterocycles. The van der Waals surface area contributed by atoms with E-state index in [4.69, 9.17) is 0 Å². The topological polar surface area (TPSA) is 29.1 Å². The molecule has 0 saturated heterocycles. The van der Waals surface area contributed by atoms with Crippen molar-refractivity contribution >= 4 is 5.91 Å². The van der Waals surface area contributed by atoms with Crippen LogP contribution in [0, 0.1) is 38.9 Å². The highest BCUT2D eigenvalue weighted by atomic mass is 16.2. The zero-order chi connectivity index (χ0) is 18.9. The van der Waals surface area contributed by atoms with E-state index in [1.807, 2.05) is 0 Å². The zero-order valence-corrected chi connectivity index (χ0v) is 18.0. The zero-order valence-electron chi connectivity index (χ0n) is 18.0. The van der Waals surface area contributed by atoms with Crippen molar-refractivity contribution in [1.29, 1.82) is 0 Å². The minimum absolute atomic E-state index is 0.0722. The first-order valence-corrected chi connectivity index (χ1v) is 11.8.